The summed E-state index contributed by atoms with van der Waals surface area (Å²) in [4.78, 5) is 18.8. The molecule has 0 aliphatic rings. The second kappa shape index (κ2) is 4.48. The Hall–Kier alpha value is -2.20. The second-order valence-corrected chi connectivity index (χ2v) is 4.49. The van der Waals surface area contributed by atoms with Crippen LogP contribution in [0.1, 0.15) is 0 Å². The van der Waals surface area contributed by atoms with Gasteiger partial charge in [-0.2, -0.15) is 0 Å². The Morgan fingerprint density at radius 1 is 1.16 bits per heavy atom. The lowest BCUT2D eigenvalue weighted by molar-refractivity contribution is 0.630. The van der Waals surface area contributed by atoms with Crippen molar-refractivity contribution in [2.75, 3.05) is 0 Å². The monoisotopic (exact) mass is 274 g/mol. The Labute approximate surface area is 112 Å². The molecule has 1 heterocycles. The molecule has 5 heteroatoms. The third-order valence-electron chi connectivity index (χ3n) is 2.80. The van der Waals surface area contributed by atoms with Crippen LogP contribution in [0, 0.1) is 5.82 Å². The number of benzene rings is 2. The zero-order valence-electron chi connectivity index (χ0n) is 9.65. The van der Waals surface area contributed by atoms with Crippen molar-refractivity contribution in [2.45, 2.75) is 0 Å². The summed E-state index contributed by atoms with van der Waals surface area (Å²) in [5.74, 6) is -0.245. The summed E-state index contributed by atoms with van der Waals surface area (Å²) in [5, 5.41) is 0.898. The van der Waals surface area contributed by atoms with Crippen molar-refractivity contribution in [1.29, 1.82) is 0 Å². The molecule has 0 aliphatic carbocycles. The van der Waals surface area contributed by atoms with E-state index in [1.54, 1.807) is 36.4 Å². The number of nitrogens with zero attached hydrogens (tertiary/aromatic N) is 1. The minimum absolute atomic E-state index is 0.192. The number of aromatic nitrogens is 2. The van der Waals surface area contributed by atoms with Gasteiger partial charge in [0.2, 0.25) is 0 Å². The zero-order valence-corrected chi connectivity index (χ0v) is 10.4. The minimum atomic E-state index is -0.438. The van der Waals surface area contributed by atoms with Crippen LogP contribution in [0.4, 0.5) is 4.39 Å². The normalized spacial score (nSPS) is 10.8. The van der Waals surface area contributed by atoms with Crippen molar-refractivity contribution in [3.05, 3.63) is 63.7 Å². The van der Waals surface area contributed by atoms with Gasteiger partial charge >= 0.3 is 0 Å². The molecule has 0 amide bonds. The van der Waals surface area contributed by atoms with Gasteiger partial charge in [-0.3, -0.25) is 4.79 Å². The highest BCUT2D eigenvalue weighted by atomic mass is 35.5. The lowest BCUT2D eigenvalue weighted by atomic mass is 10.2. The van der Waals surface area contributed by atoms with Gasteiger partial charge < -0.3 is 4.98 Å². The SMILES string of the molecule is O=c1[nH]c(-c2ccccc2F)nc2cc(Cl)ccc12. The van der Waals surface area contributed by atoms with E-state index in [0.29, 0.717) is 15.9 Å². The van der Waals surface area contributed by atoms with Crippen LogP contribution < -0.4 is 5.56 Å². The maximum atomic E-state index is 13.7. The number of nitrogens with one attached hydrogen (secondary N) is 1. The zero-order chi connectivity index (χ0) is 13.4. The molecule has 0 fully saturated rings. The number of halogens is 2. The molecular formula is C14H8ClFN2O. The summed E-state index contributed by atoms with van der Waals surface area (Å²) >= 11 is 5.87. The predicted octanol–water partition coefficient (Wildman–Crippen LogP) is 3.38. The molecule has 3 aromatic rings. The van der Waals surface area contributed by atoms with Gasteiger partial charge in [-0.25, -0.2) is 9.37 Å². The number of H-pyrrole nitrogens is 1. The second-order valence-electron chi connectivity index (χ2n) is 4.06. The summed E-state index contributed by atoms with van der Waals surface area (Å²) in [6, 6.07) is 10.9. The molecule has 0 spiro atoms. The fourth-order valence-corrected chi connectivity index (χ4v) is 2.06. The molecule has 2 aromatic carbocycles. The summed E-state index contributed by atoms with van der Waals surface area (Å²) in [7, 11) is 0. The van der Waals surface area contributed by atoms with Crippen LogP contribution in [0.5, 0.6) is 0 Å². The lowest BCUT2D eigenvalue weighted by Gasteiger charge is -2.04. The Balaban J connectivity index is 2.32. The highest BCUT2D eigenvalue weighted by Gasteiger charge is 2.09. The fourth-order valence-electron chi connectivity index (χ4n) is 1.89. The van der Waals surface area contributed by atoms with E-state index in [1.165, 1.54) is 6.07 Å². The maximum Gasteiger partial charge on any atom is 0.259 e. The topological polar surface area (TPSA) is 45.8 Å². The first-order chi connectivity index (χ1) is 9.15. The molecule has 3 nitrogen and oxygen atoms in total. The average molecular weight is 275 g/mol. The summed E-state index contributed by atoms with van der Waals surface area (Å²) < 4.78 is 13.7. The van der Waals surface area contributed by atoms with Crippen LogP contribution >= 0.6 is 11.6 Å². The average Bonchev–Trinajstić information content (AvgIpc) is 2.38. The standard InChI is InChI=1S/C14H8ClFN2O/c15-8-5-6-10-12(7-8)17-13(18-14(10)19)9-3-1-2-4-11(9)16/h1-7H,(H,17,18,19). The van der Waals surface area contributed by atoms with Crippen LogP contribution in [0.25, 0.3) is 22.3 Å². The molecule has 0 atom stereocenters. The van der Waals surface area contributed by atoms with Crippen molar-refractivity contribution >= 4 is 22.5 Å². The molecule has 0 saturated carbocycles. The Morgan fingerprint density at radius 2 is 1.95 bits per heavy atom. The first-order valence-electron chi connectivity index (χ1n) is 5.59. The molecule has 19 heavy (non-hydrogen) atoms. The van der Waals surface area contributed by atoms with E-state index in [1.807, 2.05) is 0 Å². The number of aromatic amines is 1. The molecule has 1 aromatic heterocycles. The summed E-state index contributed by atoms with van der Waals surface area (Å²) in [6.45, 7) is 0. The third-order valence-corrected chi connectivity index (χ3v) is 3.03. The Kier molecular flexibility index (Phi) is 2.80. The van der Waals surface area contributed by atoms with Crippen molar-refractivity contribution in [3.63, 3.8) is 0 Å². The van der Waals surface area contributed by atoms with Gasteiger partial charge in [0, 0.05) is 5.02 Å². The van der Waals surface area contributed by atoms with Gasteiger partial charge in [-0.15, -0.1) is 0 Å². The highest BCUT2D eigenvalue weighted by Crippen LogP contribution is 2.20. The van der Waals surface area contributed by atoms with Crippen molar-refractivity contribution in [1.82, 2.24) is 9.97 Å². The van der Waals surface area contributed by atoms with Gasteiger partial charge in [0.15, 0.2) is 0 Å². The lowest BCUT2D eigenvalue weighted by Crippen LogP contribution is -2.09. The van der Waals surface area contributed by atoms with Gasteiger partial charge in [-0.05, 0) is 30.3 Å². The van der Waals surface area contributed by atoms with Gasteiger partial charge in [0.25, 0.3) is 5.56 Å². The molecule has 3 rings (SSSR count). The fraction of sp³-hybridized carbons (Fsp3) is 0. The minimum Gasteiger partial charge on any atom is -0.306 e. The van der Waals surface area contributed by atoms with Crippen molar-refractivity contribution in [2.24, 2.45) is 0 Å². The van der Waals surface area contributed by atoms with E-state index < -0.39 is 5.82 Å². The molecular weight excluding hydrogens is 267 g/mol. The maximum absolute atomic E-state index is 13.7. The highest BCUT2D eigenvalue weighted by molar-refractivity contribution is 6.31. The van der Waals surface area contributed by atoms with E-state index in [2.05, 4.69) is 9.97 Å². The summed E-state index contributed by atoms with van der Waals surface area (Å²) in [6.07, 6.45) is 0. The van der Waals surface area contributed by atoms with E-state index in [9.17, 15) is 9.18 Å². The first-order valence-corrected chi connectivity index (χ1v) is 5.97. The molecule has 0 bridgehead atoms. The predicted molar refractivity (Wildman–Crippen MR) is 72.8 cm³/mol. The van der Waals surface area contributed by atoms with Gasteiger partial charge in [0.1, 0.15) is 11.6 Å². The van der Waals surface area contributed by atoms with Crippen molar-refractivity contribution in [3.8, 4) is 11.4 Å². The quantitative estimate of drug-likeness (QED) is 0.739. The van der Waals surface area contributed by atoms with Crippen LogP contribution in [-0.4, -0.2) is 9.97 Å². The van der Waals surface area contributed by atoms with Crippen LogP contribution in [0.15, 0.2) is 47.3 Å². The molecule has 0 aliphatic heterocycles. The molecule has 0 radical (unpaired) electrons. The van der Waals surface area contributed by atoms with Crippen LogP contribution in [-0.2, 0) is 0 Å². The smallest absolute Gasteiger partial charge is 0.259 e. The van der Waals surface area contributed by atoms with Crippen molar-refractivity contribution < 1.29 is 4.39 Å². The molecule has 0 unspecified atom stereocenters. The van der Waals surface area contributed by atoms with E-state index in [-0.39, 0.29) is 16.9 Å². The largest absolute Gasteiger partial charge is 0.306 e. The third kappa shape index (κ3) is 2.11. The molecule has 94 valence electrons. The summed E-state index contributed by atoms with van der Waals surface area (Å²) in [5.41, 5.74) is 0.371. The number of hydrogen-bond donors (Lipinski definition) is 1. The molecule has 1 N–H and O–H groups in total. The van der Waals surface area contributed by atoms with E-state index in [0.717, 1.165) is 0 Å². The van der Waals surface area contributed by atoms with Gasteiger partial charge in [0.05, 0.1) is 16.5 Å². The Morgan fingerprint density at radius 3 is 2.74 bits per heavy atom. The Bertz CT molecular complexity index is 829. The van der Waals surface area contributed by atoms with E-state index in [4.69, 9.17) is 11.6 Å². The van der Waals surface area contributed by atoms with E-state index >= 15 is 0 Å². The number of hydrogen-bond acceptors (Lipinski definition) is 2. The molecule has 0 saturated heterocycles. The van der Waals surface area contributed by atoms with Gasteiger partial charge in [-0.1, -0.05) is 23.7 Å². The number of fused-ring (bicyclic) bond motifs is 1. The van der Waals surface area contributed by atoms with Crippen LogP contribution in [0.2, 0.25) is 5.02 Å². The first kappa shape index (κ1) is 11.9. The number of rotatable bonds is 1. The van der Waals surface area contributed by atoms with Crippen LogP contribution in [0.3, 0.4) is 0 Å².